The van der Waals surface area contributed by atoms with Gasteiger partial charge in [0.2, 0.25) is 12.7 Å². The van der Waals surface area contributed by atoms with Crippen molar-refractivity contribution in [1.29, 1.82) is 0 Å². The Balaban J connectivity index is 0.00000245. The molecule has 0 unspecified atom stereocenters. The molecule has 5 rings (SSSR count). The minimum Gasteiger partial charge on any atom is -0.454 e. The summed E-state index contributed by atoms with van der Waals surface area (Å²) in [5.74, 6) is 2.66. The fourth-order valence-electron chi connectivity index (χ4n) is 4.32. The highest BCUT2D eigenvalue weighted by Gasteiger charge is 2.44. The standard InChI is InChI=1S/C24H28N4O3.HI/c1-25-23(26-14-17-4-7-19(8-5-17)28-12-2-3-22(28)29)27-15-24(10-11-24)18-6-9-20-21(13-18)31-16-30-20;/h4-9,13H,2-3,10-12,14-16H2,1H3,(H2,25,26,27);1H. The van der Waals surface area contributed by atoms with Crippen LogP contribution in [0, 0.1) is 0 Å². The number of nitrogens with zero attached hydrogens (tertiary/aromatic N) is 2. The third kappa shape index (κ3) is 4.65. The molecule has 2 N–H and O–H groups in total. The first-order valence-electron chi connectivity index (χ1n) is 10.9. The van der Waals surface area contributed by atoms with Gasteiger partial charge in [0.1, 0.15) is 0 Å². The maximum absolute atomic E-state index is 11.9. The van der Waals surface area contributed by atoms with E-state index in [9.17, 15) is 4.79 Å². The number of nitrogens with one attached hydrogen (secondary N) is 2. The van der Waals surface area contributed by atoms with Gasteiger partial charge in [-0.05, 0) is 54.7 Å². The molecule has 0 aromatic heterocycles. The molecule has 2 aromatic carbocycles. The maximum Gasteiger partial charge on any atom is 0.231 e. The highest BCUT2D eigenvalue weighted by molar-refractivity contribution is 14.0. The van der Waals surface area contributed by atoms with Crippen LogP contribution in [0.4, 0.5) is 5.69 Å². The zero-order valence-corrected chi connectivity index (χ0v) is 20.6. The first-order valence-corrected chi connectivity index (χ1v) is 10.9. The summed E-state index contributed by atoms with van der Waals surface area (Å²) in [6.07, 6.45) is 3.89. The number of halogens is 1. The molecule has 32 heavy (non-hydrogen) atoms. The van der Waals surface area contributed by atoms with Gasteiger partial charge in [-0.1, -0.05) is 18.2 Å². The zero-order valence-electron chi connectivity index (χ0n) is 18.2. The van der Waals surface area contributed by atoms with Crippen LogP contribution in [0.5, 0.6) is 11.5 Å². The Morgan fingerprint density at radius 2 is 1.88 bits per heavy atom. The number of benzene rings is 2. The first-order chi connectivity index (χ1) is 15.2. The van der Waals surface area contributed by atoms with Crippen LogP contribution >= 0.6 is 24.0 Å². The average Bonchev–Trinajstić information content (AvgIpc) is 3.23. The van der Waals surface area contributed by atoms with E-state index in [-0.39, 0.29) is 35.3 Å². The minimum atomic E-state index is 0. The Labute approximate surface area is 205 Å². The molecule has 170 valence electrons. The first kappa shape index (κ1) is 22.7. The van der Waals surface area contributed by atoms with Gasteiger partial charge in [0.15, 0.2) is 17.5 Å². The normalized spacial score (nSPS) is 18.3. The molecule has 1 saturated heterocycles. The van der Waals surface area contributed by atoms with E-state index in [4.69, 9.17) is 9.47 Å². The van der Waals surface area contributed by atoms with E-state index < -0.39 is 0 Å². The van der Waals surface area contributed by atoms with Gasteiger partial charge in [-0.15, -0.1) is 24.0 Å². The highest BCUT2D eigenvalue weighted by atomic mass is 127. The molecule has 0 radical (unpaired) electrons. The molecule has 7 nitrogen and oxygen atoms in total. The van der Waals surface area contributed by atoms with Crippen molar-refractivity contribution in [2.24, 2.45) is 4.99 Å². The van der Waals surface area contributed by atoms with Gasteiger partial charge in [0.05, 0.1) is 0 Å². The molecule has 2 aromatic rings. The third-order valence-corrected chi connectivity index (χ3v) is 6.44. The summed E-state index contributed by atoms with van der Waals surface area (Å²) < 4.78 is 11.0. The van der Waals surface area contributed by atoms with Crippen molar-refractivity contribution in [2.45, 2.75) is 37.6 Å². The highest BCUT2D eigenvalue weighted by Crippen LogP contribution is 2.49. The predicted molar refractivity (Wildman–Crippen MR) is 135 cm³/mol. The van der Waals surface area contributed by atoms with Crippen molar-refractivity contribution in [3.05, 3.63) is 53.6 Å². The Morgan fingerprint density at radius 3 is 2.56 bits per heavy atom. The van der Waals surface area contributed by atoms with E-state index in [0.29, 0.717) is 19.8 Å². The maximum atomic E-state index is 11.9. The Hall–Kier alpha value is -2.49. The molecule has 1 saturated carbocycles. The van der Waals surface area contributed by atoms with Crippen molar-refractivity contribution >= 4 is 41.5 Å². The van der Waals surface area contributed by atoms with Crippen molar-refractivity contribution < 1.29 is 14.3 Å². The lowest BCUT2D eigenvalue weighted by molar-refractivity contribution is -0.117. The van der Waals surface area contributed by atoms with Crippen LogP contribution in [0.15, 0.2) is 47.5 Å². The largest absolute Gasteiger partial charge is 0.454 e. The second kappa shape index (κ2) is 9.56. The van der Waals surface area contributed by atoms with E-state index in [1.54, 1.807) is 7.05 Å². The number of hydrogen-bond acceptors (Lipinski definition) is 4. The molecular formula is C24H29IN4O3. The molecule has 2 heterocycles. The van der Waals surface area contributed by atoms with Crippen LogP contribution in [0.3, 0.4) is 0 Å². The topological polar surface area (TPSA) is 75.2 Å². The van der Waals surface area contributed by atoms with Crippen molar-refractivity contribution in [3.63, 3.8) is 0 Å². The second-order valence-corrected chi connectivity index (χ2v) is 8.44. The van der Waals surface area contributed by atoms with Crippen molar-refractivity contribution in [1.82, 2.24) is 10.6 Å². The quantitative estimate of drug-likeness (QED) is 0.328. The summed E-state index contributed by atoms with van der Waals surface area (Å²) in [5, 5.41) is 6.88. The molecule has 1 amide bonds. The van der Waals surface area contributed by atoms with Crippen LogP contribution in [0.25, 0.3) is 0 Å². The SMILES string of the molecule is CN=C(NCc1ccc(N2CCCC2=O)cc1)NCC1(c2ccc3c(c2)OCO3)CC1.I. The van der Waals surface area contributed by atoms with Crippen molar-refractivity contribution in [2.75, 3.05) is 31.8 Å². The molecular weight excluding hydrogens is 519 g/mol. The fourth-order valence-corrected chi connectivity index (χ4v) is 4.32. The Kier molecular flexibility index (Phi) is 6.78. The number of ether oxygens (including phenoxy) is 2. The van der Waals surface area contributed by atoms with Crippen LogP contribution in [0.1, 0.15) is 36.8 Å². The molecule has 2 fully saturated rings. The van der Waals surface area contributed by atoms with Crippen LogP contribution < -0.4 is 25.0 Å². The zero-order chi connectivity index (χ0) is 21.3. The number of rotatable bonds is 6. The van der Waals surface area contributed by atoms with Crippen molar-refractivity contribution in [3.8, 4) is 11.5 Å². The van der Waals surface area contributed by atoms with E-state index in [2.05, 4.69) is 39.9 Å². The molecule has 2 aliphatic heterocycles. The second-order valence-electron chi connectivity index (χ2n) is 8.44. The molecule has 0 bridgehead atoms. The number of fused-ring (bicyclic) bond motifs is 1. The van der Waals surface area contributed by atoms with Gasteiger partial charge in [-0.3, -0.25) is 9.79 Å². The number of carbonyl (C=O) groups is 1. The lowest BCUT2D eigenvalue weighted by atomic mass is 9.95. The number of hydrogen-bond donors (Lipinski definition) is 2. The molecule has 0 spiro atoms. The van der Waals surface area contributed by atoms with Crippen LogP contribution in [0.2, 0.25) is 0 Å². The summed E-state index contributed by atoms with van der Waals surface area (Å²) >= 11 is 0. The minimum absolute atomic E-state index is 0. The van der Waals surface area contributed by atoms with Gasteiger partial charge >= 0.3 is 0 Å². The van der Waals surface area contributed by atoms with Crippen LogP contribution in [-0.2, 0) is 16.8 Å². The van der Waals surface area contributed by atoms with Crippen LogP contribution in [-0.4, -0.2) is 38.8 Å². The monoisotopic (exact) mass is 548 g/mol. The summed E-state index contributed by atoms with van der Waals surface area (Å²) in [5.41, 5.74) is 3.54. The summed E-state index contributed by atoms with van der Waals surface area (Å²) in [6, 6.07) is 14.4. The third-order valence-electron chi connectivity index (χ3n) is 6.44. The molecule has 8 heteroatoms. The van der Waals surface area contributed by atoms with E-state index >= 15 is 0 Å². The fraction of sp³-hybridized carbons (Fsp3) is 0.417. The summed E-state index contributed by atoms with van der Waals surface area (Å²) in [4.78, 5) is 18.1. The molecule has 1 aliphatic carbocycles. The number of amides is 1. The van der Waals surface area contributed by atoms with Gasteiger partial charge in [-0.2, -0.15) is 0 Å². The predicted octanol–water partition coefficient (Wildman–Crippen LogP) is 3.56. The molecule has 3 aliphatic rings. The Bertz CT molecular complexity index is 1000. The van der Waals surface area contributed by atoms with Gasteiger partial charge in [-0.25, -0.2) is 0 Å². The summed E-state index contributed by atoms with van der Waals surface area (Å²) in [7, 11) is 1.79. The van der Waals surface area contributed by atoms with E-state index in [1.165, 1.54) is 5.56 Å². The number of aliphatic imine (C=N–C) groups is 1. The lowest BCUT2D eigenvalue weighted by Crippen LogP contribution is -2.40. The van der Waals surface area contributed by atoms with Gasteiger partial charge in [0, 0.05) is 44.2 Å². The Morgan fingerprint density at radius 1 is 1.09 bits per heavy atom. The number of carbonyl (C=O) groups excluding carboxylic acids is 1. The summed E-state index contributed by atoms with van der Waals surface area (Å²) in [6.45, 7) is 2.61. The number of guanidine groups is 1. The smallest absolute Gasteiger partial charge is 0.231 e. The van der Waals surface area contributed by atoms with E-state index in [1.807, 2.05) is 23.1 Å². The number of anilines is 1. The lowest BCUT2D eigenvalue weighted by Gasteiger charge is -2.20. The van der Waals surface area contributed by atoms with Gasteiger partial charge in [0.25, 0.3) is 0 Å². The van der Waals surface area contributed by atoms with E-state index in [0.717, 1.165) is 61.1 Å². The average molecular weight is 548 g/mol. The van der Waals surface area contributed by atoms with Gasteiger partial charge < -0.3 is 25.0 Å². The molecule has 0 atom stereocenters.